The minimum atomic E-state index is -0.181. The smallest absolute Gasteiger partial charge is 0.0544 e. The Morgan fingerprint density at radius 2 is 0.597 bits per heavy atom. The van der Waals surface area contributed by atoms with Crippen molar-refractivity contribution >= 4 is 44.9 Å². The highest BCUT2D eigenvalue weighted by atomic mass is 15.2. The molecular formula is C70H54N2. The summed E-state index contributed by atoms with van der Waals surface area (Å²) in [4.78, 5) is 4.89. The molecule has 2 aliphatic rings. The summed E-state index contributed by atoms with van der Waals surface area (Å²) in [5.74, 6) is 0. The Labute approximate surface area is 423 Å². The maximum absolute atomic E-state index is 2.54. The summed E-state index contributed by atoms with van der Waals surface area (Å²) in [5, 5.41) is 2.48. The summed E-state index contributed by atoms with van der Waals surface area (Å²) >= 11 is 0. The molecule has 2 heterocycles. The summed E-state index contributed by atoms with van der Waals surface area (Å²) in [6, 6.07) is 93.8. The van der Waals surface area contributed by atoms with Gasteiger partial charge < -0.3 is 9.80 Å². The Morgan fingerprint density at radius 1 is 0.278 bits per heavy atom. The van der Waals surface area contributed by atoms with E-state index in [0.717, 1.165) is 17.1 Å². The maximum Gasteiger partial charge on any atom is 0.0544 e. The van der Waals surface area contributed by atoms with Crippen molar-refractivity contribution < 1.29 is 0 Å². The van der Waals surface area contributed by atoms with Crippen LogP contribution in [0.25, 0.3) is 66.4 Å². The molecule has 0 bridgehead atoms. The van der Waals surface area contributed by atoms with Crippen molar-refractivity contribution in [2.45, 2.75) is 38.5 Å². The van der Waals surface area contributed by atoms with Gasteiger partial charge in [-0.3, -0.25) is 0 Å². The SMILES string of the molecule is CC1(C)c2ccccc2N2c3ccccc3C(C)(C)c3cc(-c4ccc(-c5ccc(-c6ccc(N(c7ccc(-c8ccccc8)cc7)c7ccc(-c8ccccc8)cc7)cc6)c6ccccc56)cc4)cc1c32. The Bertz CT molecular complexity index is 3650. The highest BCUT2D eigenvalue weighted by Crippen LogP contribution is 2.60. The second-order valence-corrected chi connectivity index (χ2v) is 20.5. The van der Waals surface area contributed by atoms with Crippen molar-refractivity contribution in [2.24, 2.45) is 0 Å². The number of anilines is 6. The van der Waals surface area contributed by atoms with Crippen molar-refractivity contribution in [2.75, 3.05) is 9.80 Å². The van der Waals surface area contributed by atoms with Crippen LogP contribution in [0.2, 0.25) is 0 Å². The first kappa shape index (κ1) is 43.3. The lowest BCUT2D eigenvalue weighted by molar-refractivity contribution is 0.598. The van der Waals surface area contributed by atoms with Crippen LogP contribution in [-0.4, -0.2) is 0 Å². The first-order valence-electron chi connectivity index (χ1n) is 25.2. The Morgan fingerprint density at radius 3 is 1.03 bits per heavy atom. The number of hydrogen-bond donors (Lipinski definition) is 0. The van der Waals surface area contributed by atoms with Gasteiger partial charge in [0.25, 0.3) is 0 Å². The lowest BCUT2D eigenvalue weighted by Gasteiger charge is -2.49. The third kappa shape index (κ3) is 7.09. The van der Waals surface area contributed by atoms with Gasteiger partial charge in [0.2, 0.25) is 0 Å². The molecule has 11 aromatic rings. The second kappa shape index (κ2) is 17.0. The first-order valence-corrected chi connectivity index (χ1v) is 25.2. The fourth-order valence-corrected chi connectivity index (χ4v) is 11.8. The number of hydrogen-bond acceptors (Lipinski definition) is 2. The molecule has 11 aromatic carbocycles. The highest BCUT2D eigenvalue weighted by Gasteiger charge is 2.45. The molecule has 72 heavy (non-hydrogen) atoms. The molecule has 0 saturated carbocycles. The molecule has 344 valence electrons. The zero-order valence-electron chi connectivity index (χ0n) is 41.1. The summed E-state index contributed by atoms with van der Waals surface area (Å²) in [7, 11) is 0. The van der Waals surface area contributed by atoms with Gasteiger partial charge in [0, 0.05) is 27.9 Å². The van der Waals surface area contributed by atoms with E-state index in [1.54, 1.807) is 0 Å². The van der Waals surface area contributed by atoms with E-state index in [2.05, 4.69) is 292 Å². The first-order chi connectivity index (χ1) is 35.2. The van der Waals surface area contributed by atoms with Gasteiger partial charge >= 0.3 is 0 Å². The fourth-order valence-electron chi connectivity index (χ4n) is 11.8. The normalized spacial score (nSPS) is 13.8. The average Bonchev–Trinajstić information content (AvgIpc) is 3.44. The van der Waals surface area contributed by atoms with Gasteiger partial charge in [-0.25, -0.2) is 0 Å². The predicted octanol–water partition coefficient (Wildman–Crippen LogP) is 19.4. The van der Waals surface area contributed by atoms with E-state index >= 15 is 0 Å². The average molecular weight is 923 g/mol. The summed E-state index contributed by atoms with van der Waals surface area (Å²) in [6.07, 6.45) is 0. The standard InChI is InChI=1S/C70H54N2/c1-69(2)62-23-13-15-25-66(62)72-67-26-16-14-24-63(67)70(3,4)65-46-54(45-64(69)68(65)72)51-27-29-52(30-28-51)58-43-44-59(61-22-12-11-21-60(58)61)53-35-41-57(42-36-53)71(55-37-31-49(32-38-55)47-17-7-5-8-18-47)56-39-33-50(34-40-56)48-19-9-6-10-20-48/h5-46H,1-4H3. The zero-order chi connectivity index (χ0) is 48.6. The van der Waals surface area contributed by atoms with E-state index in [9.17, 15) is 0 Å². The Hall–Kier alpha value is -8.72. The molecule has 2 heteroatoms. The van der Waals surface area contributed by atoms with Crippen molar-refractivity contribution in [3.63, 3.8) is 0 Å². The molecule has 0 saturated heterocycles. The van der Waals surface area contributed by atoms with Gasteiger partial charge in [0.05, 0.1) is 17.1 Å². The van der Waals surface area contributed by atoms with E-state index in [1.807, 2.05) is 0 Å². The molecule has 0 fully saturated rings. The summed E-state index contributed by atoms with van der Waals surface area (Å²) < 4.78 is 0. The van der Waals surface area contributed by atoms with Crippen LogP contribution in [-0.2, 0) is 10.8 Å². The topological polar surface area (TPSA) is 6.48 Å². The molecule has 0 aliphatic carbocycles. The van der Waals surface area contributed by atoms with Crippen LogP contribution in [0.1, 0.15) is 49.9 Å². The summed E-state index contributed by atoms with van der Waals surface area (Å²) in [5.41, 5.74) is 24.4. The van der Waals surface area contributed by atoms with E-state index in [-0.39, 0.29) is 10.8 Å². The van der Waals surface area contributed by atoms with Gasteiger partial charge in [-0.2, -0.15) is 0 Å². The molecule has 0 aromatic heterocycles. The van der Waals surface area contributed by atoms with Crippen molar-refractivity contribution in [1.29, 1.82) is 0 Å². The Kier molecular flexibility index (Phi) is 10.2. The van der Waals surface area contributed by atoms with Crippen LogP contribution in [0.3, 0.4) is 0 Å². The van der Waals surface area contributed by atoms with Crippen LogP contribution in [0.5, 0.6) is 0 Å². The Balaban J connectivity index is 0.841. The number of benzene rings is 11. The third-order valence-corrected chi connectivity index (χ3v) is 15.7. The van der Waals surface area contributed by atoms with Gasteiger partial charge in [-0.1, -0.05) is 222 Å². The lowest BCUT2D eigenvalue weighted by atomic mass is 9.65. The lowest BCUT2D eigenvalue weighted by Crippen LogP contribution is -2.38. The predicted molar refractivity (Wildman–Crippen MR) is 305 cm³/mol. The van der Waals surface area contributed by atoms with Crippen LogP contribution in [0.4, 0.5) is 34.1 Å². The van der Waals surface area contributed by atoms with Gasteiger partial charge in [0.15, 0.2) is 0 Å². The van der Waals surface area contributed by atoms with Crippen LogP contribution < -0.4 is 9.80 Å². The van der Waals surface area contributed by atoms with E-state index in [1.165, 1.54) is 106 Å². The van der Waals surface area contributed by atoms with Crippen molar-refractivity contribution in [1.82, 2.24) is 0 Å². The maximum atomic E-state index is 2.54. The molecule has 0 atom stereocenters. The summed E-state index contributed by atoms with van der Waals surface area (Å²) in [6.45, 7) is 9.59. The van der Waals surface area contributed by atoms with Crippen LogP contribution >= 0.6 is 0 Å². The number of fused-ring (bicyclic) bond motifs is 5. The van der Waals surface area contributed by atoms with E-state index < -0.39 is 0 Å². The van der Waals surface area contributed by atoms with Gasteiger partial charge in [0.1, 0.15) is 0 Å². The quantitative estimate of drug-likeness (QED) is 0.150. The largest absolute Gasteiger partial charge is 0.311 e. The highest BCUT2D eigenvalue weighted by molar-refractivity contribution is 6.05. The molecule has 0 spiro atoms. The van der Waals surface area contributed by atoms with E-state index in [0.29, 0.717) is 0 Å². The molecule has 0 N–H and O–H groups in total. The molecule has 0 amide bonds. The van der Waals surface area contributed by atoms with E-state index in [4.69, 9.17) is 0 Å². The molecule has 13 rings (SSSR count). The fraction of sp³-hybridized carbons (Fsp3) is 0.0857. The second-order valence-electron chi connectivity index (χ2n) is 20.5. The number of nitrogens with zero attached hydrogens (tertiary/aromatic N) is 2. The van der Waals surface area contributed by atoms with Gasteiger partial charge in [-0.05, 0) is 149 Å². The third-order valence-electron chi connectivity index (χ3n) is 15.7. The number of para-hydroxylation sites is 2. The molecule has 0 unspecified atom stereocenters. The minimum absolute atomic E-state index is 0.181. The van der Waals surface area contributed by atoms with Crippen LogP contribution in [0, 0.1) is 0 Å². The zero-order valence-corrected chi connectivity index (χ0v) is 41.1. The number of rotatable bonds is 8. The molecular weight excluding hydrogens is 869 g/mol. The minimum Gasteiger partial charge on any atom is -0.311 e. The van der Waals surface area contributed by atoms with Gasteiger partial charge in [-0.15, -0.1) is 0 Å². The monoisotopic (exact) mass is 922 g/mol. The molecule has 2 aliphatic heterocycles. The molecule has 2 nitrogen and oxygen atoms in total. The van der Waals surface area contributed by atoms with Crippen molar-refractivity contribution in [3.05, 3.63) is 277 Å². The molecule has 0 radical (unpaired) electrons. The van der Waals surface area contributed by atoms with Crippen molar-refractivity contribution in [3.8, 4) is 55.6 Å². The van der Waals surface area contributed by atoms with Crippen LogP contribution in [0.15, 0.2) is 255 Å².